The van der Waals surface area contributed by atoms with Gasteiger partial charge in [-0.2, -0.15) is 0 Å². The van der Waals surface area contributed by atoms with Gasteiger partial charge in [-0.25, -0.2) is 4.39 Å². The van der Waals surface area contributed by atoms with Crippen molar-refractivity contribution in [3.63, 3.8) is 0 Å². The van der Waals surface area contributed by atoms with Gasteiger partial charge >= 0.3 is 0 Å². The van der Waals surface area contributed by atoms with Crippen molar-refractivity contribution in [2.45, 2.75) is 6.04 Å². The molecule has 2 nitrogen and oxygen atoms in total. The first-order valence-corrected chi connectivity index (χ1v) is 6.59. The molecule has 0 spiro atoms. The summed E-state index contributed by atoms with van der Waals surface area (Å²) < 4.78 is 14.0. The maximum absolute atomic E-state index is 14.0. The quantitative estimate of drug-likeness (QED) is 0.771. The summed E-state index contributed by atoms with van der Waals surface area (Å²) in [6.45, 7) is 0. The second-order valence-electron chi connectivity index (χ2n) is 4.56. The molecule has 0 radical (unpaired) electrons. The van der Waals surface area contributed by atoms with Crippen molar-refractivity contribution in [1.29, 1.82) is 0 Å². The third-order valence-corrected chi connectivity index (χ3v) is 3.54. The maximum atomic E-state index is 14.0. The van der Waals surface area contributed by atoms with Crippen LogP contribution in [0.3, 0.4) is 0 Å². The molecule has 20 heavy (non-hydrogen) atoms. The normalized spacial score (nSPS) is 12.6. The molecular weight excluding hydrogens is 275 g/mol. The highest BCUT2D eigenvalue weighted by atomic mass is 35.5. The number of hydrogen-bond donors (Lipinski definition) is 1. The average molecular weight is 287 g/mol. The lowest BCUT2D eigenvalue weighted by atomic mass is 9.95. The van der Waals surface area contributed by atoms with Gasteiger partial charge in [0.15, 0.2) is 0 Å². The Morgan fingerprint density at radius 3 is 2.75 bits per heavy atom. The minimum Gasteiger partial charge on any atom is -0.320 e. The zero-order valence-electron chi connectivity index (χ0n) is 10.6. The summed E-state index contributed by atoms with van der Waals surface area (Å²) in [5.41, 5.74) is 8.28. The van der Waals surface area contributed by atoms with Crippen LogP contribution in [0.15, 0.2) is 54.7 Å². The predicted octanol–water partition coefficient (Wildman–Crippen LogP) is 4.08. The van der Waals surface area contributed by atoms with Crippen LogP contribution in [0, 0.1) is 5.82 Å². The van der Waals surface area contributed by atoms with E-state index in [1.807, 2.05) is 30.3 Å². The molecule has 0 aliphatic heterocycles. The Labute approximate surface area is 121 Å². The molecule has 1 atom stereocenters. The molecule has 2 N–H and O–H groups in total. The van der Waals surface area contributed by atoms with Crippen molar-refractivity contribution in [2.75, 3.05) is 0 Å². The summed E-state index contributed by atoms with van der Waals surface area (Å²) in [6, 6.07) is 13.3. The molecule has 2 aromatic carbocycles. The SMILES string of the molecule is NC(c1cc(Cl)ccc1F)c1cccc2ncccc12. The van der Waals surface area contributed by atoms with Crippen molar-refractivity contribution in [2.24, 2.45) is 5.73 Å². The maximum Gasteiger partial charge on any atom is 0.128 e. The largest absolute Gasteiger partial charge is 0.320 e. The number of hydrogen-bond acceptors (Lipinski definition) is 2. The van der Waals surface area contributed by atoms with E-state index in [9.17, 15) is 4.39 Å². The van der Waals surface area contributed by atoms with Crippen molar-refractivity contribution >= 4 is 22.5 Å². The molecule has 0 saturated heterocycles. The zero-order valence-corrected chi connectivity index (χ0v) is 11.3. The molecule has 1 aromatic heterocycles. The molecule has 0 saturated carbocycles. The predicted molar refractivity (Wildman–Crippen MR) is 79.2 cm³/mol. The third-order valence-electron chi connectivity index (χ3n) is 3.31. The second kappa shape index (κ2) is 5.19. The summed E-state index contributed by atoms with van der Waals surface area (Å²) in [5.74, 6) is -0.359. The lowest BCUT2D eigenvalue weighted by Crippen LogP contribution is -2.14. The Morgan fingerprint density at radius 1 is 1.05 bits per heavy atom. The van der Waals surface area contributed by atoms with E-state index in [-0.39, 0.29) is 5.82 Å². The van der Waals surface area contributed by atoms with Crippen LogP contribution in [0.5, 0.6) is 0 Å². The summed E-state index contributed by atoms with van der Waals surface area (Å²) in [6.07, 6.45) is 1.72. The first kappa shape index (κ1) is 13.0. The monoisotopic (exact) mass is 286 g/mol. The molecule has 3 aromatic rings. The number of aromatic nitrogens is 1. The number of nitrogens with two attached hydrogens (primary N) is 1. The van der Waals surface area contributed by atoms with Crippen LogP contribution in [0.2, 0.25) is 5.02 Å². The van der Waals surface area contributed by atoms with Crippen molar-refractivity contribution in [3.05, 3.63) is 76.7 Å². The van der Waals surface area contributed by atoms with Crippen LogP contribution in [0.4, 0.5) is 4.39 Å². The minimum absolute atomic E-state index is 0.359. The van der Waals surface area contributed by atoms with Crippen LogP contribution in [-0.4, -0.2) is 4.98 Å². The zero-order chi connectivity index (χ0) is 14.1. The van der Waals surface area contributed by atoms with Gasteiger partial charge in [-0.3, -0.25) is 4.98 Å². The van der Waals surface area contributed by atoms with E-state index in [1.165, 1.54) is 12.1 Å². The molecule has 1 unspecified atom stereocenters. The fraction of sp³-hybridized carbons (Fsp3) is 0.0625. The van der Waals surface area contributed by atoms with Crippen LogP contribution in [0.25, 0.3) is 10.9 Å². The standard InChI is InChI=1S/C16H12ClFN2/c17-10-6-7-14(18)13(9-10)16(19)12-3-1-5-15-11(12)4-2-8-20-15/h1-9,16H,19H2. The van der Waals surface area contributed by atoms with Crippen LogP contribution >= 0.6 is 11.6 Å². The van der Waals surface area contributed by atoms with E-state index >= 15 is 0 Å². The number of nitrogens with zero attached hydrogens (tertiary/aromatic N) is 1. The lowest BCUT2D eigenvalue weighted by Gasteiger charge is -2.16. The Morgan fingerprint density at radius 2 is 1.90 bits per heavy atom. The molecule has 0 fully saturated rings. The number of pyridine rings is 1. The summed E-state index contributed by atoms with van der Waals surface area (Å²) in [5, 5.41) is 1.39. The van der Waals surface area contributed by atoms with Crippen molar-refractivity contribution in [1.82, 2.24) is 4.98 Å². The first-order valence-electron chi connectivity index (χ1n) is 6.21. The highest BCUT2D eigenvalue weighted by Gasteiger charge is 2.16. The van der Waals surface area contributed by atoms with E-state index in [0.717, 1.165) is 16.5 Å². The van der Waals surface area contributed by atoms with E-state index < -0.39 is 6.04 Å². The minimum atomic E-state index is -0.582. The highest BCUT2D eigenvalue weighted by molar-refractivity contribution is 6.30. The molecule has 0 amide bonds. The second-order valence-corrected chi connectivity index (χ2v) is 5.00. The average Bonchev–Trinajstić information content (AvgIpc) is 2.48. The molecule has 100 valence electrons. The number of fused-ring (bicyclic) bond motifs is 1. The Balaban J connectivity index is 2.17. The van der Waals surface area contributed by atoms with Gasteiger partial charge < -0.3 is 5.73 Å². The molecule has 4 heteroatoms. The van der Waals surface area contributed by atoms with Gasteiger partial charge in [-0.05, 0) is 35.9 Å². The van der Waals surface area contributed by atoms with Crippen molar-refractivity contribution < 1.29 is 4.39 Å². The van der Waals surface area contributed by atoms with Gasteiger partial charge in [0, 0.05) is 22.2 Å². The van der Waals surface area contributed by atoms with Gasteiger partial charge in [0.05, 0.1) is 11.6 Å². The smallest absolute Gasteiger partial charge is 0.128 e. The molecule has 0 aliphatic rings. The topological polar surface area (TPSA) is 38.9 Å². The Bertz CT molecular complexity index is 768. The van der Waals surface area contributed by atoms with Crippen molar-refractivity contribution in [3.8, 4) is 0 Å². The van der Waals surface area contributed by atoms with Crippen LogP contribution in [0.1, 0.15) is 17.2 Å². The first-order chi connectivity index (χ1) is 9.66. The fourth-order valence-electron chi connectivity index (χ4n) is 2.32. The fourth-order valence-corrected chi connectivity index (χ4v) is 2.50. The van der Waals surface area contributed by atoms with Gasteiger partial charge in [0.2, 0.25) is 0 Å². The molecule has 3 rings (SSSR count). The van der Waals surface area contributed by atoms with E-state index in [4.69, 9.17) is 17.3 Å². The summed E-state index contributed by atoms with van der Waals surface area (Å²) in [4.78, 5) is 4.28. The van der Waals surface area contributed by atoms with Crippen LogP contribution < -0.4 is 5.73 Å². The van der Waals surface area contributed by atoms with E-state index in [0.29, 0.717) is 10.6 Å². The number of benzene rings is 2. The molecule has 1 heterocycles. The van der Waals surface area contributed by atoms with Crippen LogP contribution in [-0.2, 0) is 0 Å². The van der Waals surface area contributed by atoms with Gasteiger partial charge in [-0.15, -0.1) is 0 Å². The number of halogens is 2. The molecular formula is C16H12ClFN2. The summed E-state index contributed by atoms with van der Waals surface area (Å²) in [7, 11) is 0. The Hall–Kier alpha value is -1.97. The third kappa shape index (κ3) is 2.26. The van der Waals surface area contributed by atoms with Gasteiger partial charge in [0.25, 0.3) is 0 Å². The molecule has 0 bridgehead atoms. The molecule has 0 aliphatic carbocycles. The lowest BCUT2D eigenvalue weighted by molar-refractivity contribution is 0.600. The van der Waals surface area contributed by atoms with Gasteiger partial charge in [-0.1, -0.05) is 29.8 Å². The van der Waals surface area contributed by atoms with E-state index in [1.54, 1.807) is 12.3 Å². The van der Waals surface area contributed by atoms with E-state index in [2.05, 4.69) is 4.98 Å². The Kier molecular flexibility index (Phi) is 3.38. The highest BCUT2D eigenvalue weighted by Crippen LogP contribution is 2.29. The number of rotatable bonds is 2. The van der Waals surface area contributed by atoms with Gasteiger partial charge in [0.1, 0.15) is 5.82 Å². The summed E-state index contributed by atoms with van der Waals surface area (Å²) >= 11 is 5.93.